The molecule has 1 N–H and O–H groups in total. The SMILES string of the molecule is CCOC(=O)CN(Cc1cccc(OCc2nc(-c3cccs3)oc2C)c1)S(=O)(=O)Nc1ccc(C)cc1. The van der Waals surface area contributed by atoms with Crippen molar-refractivity contribution in [1.29, 1.82) is 0 Å². The molecule has 0 unspecified atom stereocenters. The zero-order valence-corrected chi connectivity index (χ0v) is 23.0. The van der Waals surface area contributed by atoms with Gasteiger partial charge in [0.25, 0.3) is 0 Å². The highest BCUT2D eigenvalue weighted by molar-refractivity contribution is 7.90. The number of anilines is 1. The van der Waals surface area contributed by atoms with E-state index in [1.165, 1.54) is 0 Å². The Bertz CT molecular complexity index is 1460. The van der Waals surface area contributed by atoms with Crippen molar-refractivity contribution in [2.45, 2.75) is 33.9 Å². The van der Waals surface area contributed by atoms with Gasteiger partial charge in [-0.15, -0.1) is 11.3 Å². The average Bonchev–Trinajstić information content (AvgIpc) is 3.54. The lowest BCUT2D eigenvalue weighted by Crippen LogP contribution is -2.39. The maximum atomic E-state index is 13.2. The predicted molar refractivity (Wildman–Crippen MR) is 146 cm³/mol. The fraction of sp³-hybridized carbons (Fsp3) is 0.259. The summed E-state index contributed by atoms with van der Waals surface area (Å²) in [4.78, 5) is 17.7. The van der Waals surface area contributed by atoms with Gasteiger partial charge in [-0.05, 0) is 62.0 Å². The number of rotatable bonds is 12. The summed E-state index contributed by atoms with van der Waals surface area (Å²) < 4.78 is 46.7. The maximum absolute atomic E-state index is 13.2. The number of thiophene rings is 1. The first-order valence-electron chi connectivity index (χ1n) is 12.0. The molecule has 0 radical (unpaired) electrons. The smallest absolute Gasteiger partial charge is 0.321 e. The quantitative estimate of drug-likeness (QED) is 0.236. The topological polar surface area (TPSA) is 111 Å². The number of hydrogen-bond donors (Lipinski definition) is 1. The lowest BCUT2D eigenvalue weighted by Gasteiger charge is -2.22. The number of nitrogens with zero attached hydrogens (tertiary/aromatic N) is 2. The molecule has 0 atom stereocenters. The molecular formula is C27H29N3O6S2. The first-order valence-corrected chi connectivity index (χ1v) is 14.3. The van der Waals surface area contributed by atoms with Crippen molar-refractivity contribution >= 4 is 33.2 Å². The van der Waals surface area contributed by atoms with Gasteiger partial charge in [0.1, 0.15) is 30.4 Å². The molecule has 0 saturated carbocycles. The molecule has 4 rings (SSSR count). The molecule has 0 bridgehead atoms. The molecule has 9 nitrogen and oxygen atoms in total. The van der Waals surface area contributed by atoms with Crippen LogP contribution in [-0.4, -0.2) is 36.8 Å². The van der Waals surface area contributed by atoms with Gasteiger partial charge in [-0.1, -0.05) is 35.9 Å². The van der Waals surface area contributed by atoms with Crippen LogP contribution in [0.1, 0.15) is 29.5 Å². The highest BCUT2D eigenvalue weighted by Crippen LogP contribution is 2.27. The van der Waals surface area contributed by atoms with Crippen molar-refractivity contribution in [2.75, 3.05) is 17.9 Å². The van der Waals surface area contributed by atoms with Crippen LogP contribution in [0.3, 0.4) is 0 Å². The Morgan fingerprint density at radius 2 is 1.89 bits per heavy atom. The fourth-order valence-corrected chi connectivity index (χ4v) is 5.37. The van der Waals surface area contributed by atoms with Gasteiger partial charge < -0.3 is 13.9 Å². The number of hydrogen-bond acceptors (Lipinski definition) is 8. The zero-order chi connectivity index (χ0) is 27.1. The van der Waals surface area contributed by atoms with Crippen molar-refractivity contribution in [3.05, 3.63) is 88.6 Å². The van der Waals surface area contributed by atoms with E-state index in [2.05, 4.69) is 9.71 Å². The molecule has 0 fully saturated rings. The normalized spacial score (nSPS) is 11.5. The van der Waals surface area contributed by atoms with E-state index in [1.807, 2.05) is 31.4 Å². The summed E-state index contributed by atoms with van der Waals surface area (Å²) in [6, 6.07) is 17.8. The van der Waals surface area contributed by atoms with E-state index in [9.17, 15) is 13.2 Å². The van der Waals surface area contributed by atoms with E-state index in [0.29, 0.717) is 34.3 Å². The molecule has 2 aromatic heterocycles. The number of benzene rings is 2. The van der Waals surface area contributed by atoms with Gasteiger partial charge in [0.2, 0.25) is 5.89 Å². The largest absolute Gasteiger partial charge is 0.487 e. The van der Waals surface area contributed by atoms with Crippen molar-refractivity contribution in [3.8, 4) is 16.5 Å². The summed E-state index contributed by atoms with van der Waals surface area (Å²) >= 11 is 1.54. The van der Waals surface area contributed by atoms with E-state index in [-0.39, 0.29) is 19.8 Å². The van der Waals surface area contributed by atoms with Crippen molar-refractivity contribution < 1.29 is 27.1 Å². The minimum Gasteiger partial charge on any atom is -0.487 e. The molecule has 38 heavy (non-hydrogen) atoms. The van der Waals surface area contributed by atoms with Crippen LogP contribution in [0.4, 0.5) is 5.69 Å². The Morgan fingerprint density at radius 1 is 1.11 bits per heavy atom. The van der Waals surface area contributed by atoms with E-state index >= 15 is 0 Å². The van der Waals surface area contributed by atoms with E-state index in [1.54, 1.807) is 66.8 Å². The number of carbonyl (C=O) groups is 1. The molecule has 0 aliphatic heterocycles. The number of aromatic nitrogens is 1. The van der Waals surface area contributed by atoms with Crippen molar-refractivity contribution in [2.24, 2.45) is 0 Å². The van der Waals surface area contributed by atoms with Crippen LogP contribution in [0, 0.1) is 13.8 Å². The van der Waals surface area contributed by atoms with Crippen LogP contribution in [0.5, 0.6) is 5.75 Å². The van der Waals surface area contributed by atoms with E-state index in [4.69, 9.17) is 13.9 Å². The molecule has 11 heteroatoms. The molecule has 0 amide bonds. The Balaban J connectivity index is 1.48. The van der Waals surface area contributed by atoms with Gasteiger partial charge in [-0.3, -0.25) is 9.52 Å². The van der Waals surface area contributed by atoms with Crippen LogP contribution in [-0.2, 0) is 32.9 Å². The third kappa shape index (κ3) is 7.21. The predicted octanol–water partition coefficient (Wildman–Crippen LogP) is 5.32. The summed E-state index contributed by atoms with van der Waals surface area (Å²) in [6.45, 7) is 5.24. The molecule has 0 spiro atoms. The molecule has 2 aromatic carbocycles. The van der Waals surface area contributed by atoms with Gasteiger partial charge in [-0.2, -0.15) is 12.7 Å². The zero-order valence-electron chi connectivity index (χ0n) is 21.3. The third-order valence-electron chi connectivity index (χ3n) is 5.51. The summed E-state index contributed by atoms with van der Waals surface area (Å²) in [5.74, 6) is 1.10. The summed E-state index contributed by atoms with van der Waals surface area (Å²) in [5, 5.41) is 1.96. The average molecular weight is 556 g/mol. The lowest BCUT2D eigenvalue weighted by molar-refractivity contribution is -0.143. The second-order valence-electron chi connectivity index (χ2n) is 8.48. The number of carbonyl (C=O) groups excluding carboxylic acids is 1. The Kier molecular flexibility index (Phi) is 8.82. The summed E-state index contributed by atoms with van der Waals surface area (Å²) in [6.07, 6.45) is 0. The van der Waals surface area contributed by atoms with Crippen LogP contribution in [0.25, 0.3) is 10.8 Å². The molecule has 0 aliphatic carbocycles. The second kappa shape index (κ2) is 12.2. The second-order valence-corrected chi connectivity index (χ2v) is 11.1. The summed E-state index contributed by atoms with van der Waals surface area (Å²) in [5.41, 5.74) is 2.70. The third-order valence-corrected chi connectivity index (χ3v) is 7.80. The first kappa shape index (κ1) is 27.4. The molecule has 0 saturated heterocycles. The number of oxazole rings is 1. The van der Waals surface area contributed by atoms with Crippen LogP contribution < -0.4 is 9.46 Å². The number of nitrogens with one attached hydrogen (secondary N) is 1. The highest BCUT2D eigenvalue weighted by atomic mass is 32.2. The monoisotopic (exact) mass is 555 g/mol. The highest BCUT2D eigenvalue weighted by Gasteiger charge is 2.26. The van der Waals surface area contributed by atoms with Gasteiger partial charge in [0.15, 0.2) is 0 Å². The van der Waals surface area contributed by atoms with E-state index < -0.39 is 22.7 Å². The van der Waals surface area contributed by atoms with Gasteiger partial charge in [0, 0.05) is 12.2 Å². The molecule has 2 heterocycles. The molecular weight excluding hydrogens is 526 g/mol. The Morgan fingerprint density at radius 3 is 2.61 bits per heavy atom. The van der Waals surface area contributed by atoms with Crippen LogP contribution in [0.2, 0.25) is 0 Å². The fourth-order valence-electron chi connectivity index (χ4n) is 3.57. The summed E-state index contributed by atoms with van der Waals surface area (Å²) in [7, 11) is -4.07. The van der Waals surface area contributed by atoms with Gasteiger partial charge in [0.05, 0.1) is 11.5 Å². The van der Waals surface area contributed by atoms with E-state index in [0.717, 1.165) is 14.7 Å². The van der Waals surface area contributed by atoms with Crippen LogP contribution in [0.15, 0.2) is 70.5 Å². The molecule has 200 valence electrons. The Hall–Kier alpha value is -3.67. The maximum Gasteiger partial charge on any atom is 0.321 e. The number of esters is 1. The van der Waals surface area contributed by atoms with Crippen molar-refractivity contribution in [3.63, 3.8) is 0 Å². The molecule has 0 aliphatic rings. The number of aryl methyl sites for hydroxylation is 2. The molecule has 4 aromatic rings. The van der Waals surface area contributed by atoms with Crippen molar-refractivity contribution in [1.82, 2.24) is 9.29 Å². The lowest BCUT2D eigenvalue weighted by atomic mass is 10.2. The van der Waals surface area contributed by atoms with Crippen LogP contribution >= 0.6 is 11.3 Å². The Labute approximate surface area is 226 Å². The van der Waals surface area contributed by atoms with Gasteiger partial charge >= 0.3 is 16.2 Å². The first-order chi connectivity index (χ1) is 18.2. The standard InChI is InChI=1S/C27H29N3O6S2/c1-4-34-26(31)17-30(38(32,33)29-22-12-10-19(2)11-13-22)16-21-7-5-8-23(15-21)35-18-24-20(3)36-27(28-24)25-9-6-14-37-25/h5-15,29H,4,16-18H2,1-3H3. The number of ether oxygens (including phenoxy) is 2. The minimum absolute atomic E-state index is 0.0667. The minimum atomic E-state index is -4.07. The van der Waals surface area contributed by atoms with Gasteiger partial charge in [-0.25, -0.2) is 4.98 Å².